The molecule has 170 valence electrons. The van der Waals surface area contributed by atoms with Gasteiger partial charge in [0.15, 0.2) is 11.0 Å². The predicted molar refractivity (Wildman–Crippen MR) is 136 cm³/mol. The van der Waals surface area contributed by atoms with E-state index in [0.29, 0.717) is 18.9 Å². The lowest BCUT2D eigenvalue weighted by molar-refractivity contribution is 0.305. The van der Waals surface area contributed by atoms with Crippen molar-refractivity contribution in [1.29, 1.82) is 0 Å². The summed E-state index contributed by atoms with van der Waals surface area (Å²) in [6.45, 7) is 3.22. The Morgan fingerprint density at radius 2 is 1.82 bits per heavy atom. The second-order valence-corrected chi connectivity index (χ2v) is 9.63. The highest BCUT2D eigenvalue weighted by atomic mass is 32.2. The fourth-order valence-electron chi connectivity index (χ4n) is 3.41. The number of aromatic nitrogens is 5. The van der Waals surface area contributed by atoms with E-state index in [2.05, 4.69) is 44.2 Å². The number of benzene rings is 2. The van der Waals surface area contributed by atoms with Crippen LogP contribution in [0.1, 0.15) is 21.8 Å². The van der Waals surface area contributed by atoms with E-state index < -0.39 is 0 Å². The topological polar surface area (TPSA) is 65.7 Å². The van der Waals surface area contributed by atoms with E-state index in [9.17, 15) is 0 Å². The van der Waals surface area contributed by atoms with E-state index in [1.54, 1.807) is 29.3 Å². The number of thioether (sulfide) groups is 1. The quantitative estimate of drug-likeness (QED) is 0.238. The third kappa shape index (κ3) is 5.52. The lowest BCUT2D eigenvalue weighted by atomic mass is 10.2. The summed E-state index contributed by atoms with van der Waals surface area (Å²) in [5.74, 6) is 2.37. The molecule has 0 fully saturated rings. The van der Waals surface area contributed by atoms with Crippen molar-refractivity contribution >= 4 is 23.1 Å². The smallest absolute Gasteiger partial charge is 0.192 e. The minimum absolute atomic E-state index is 0.466. The highest BCUT2D eigenvalue weighted by molar-refractivity contribution is 7.98. The van der Waals surface area contributed by atoms with Crippen molar-refractivity contribution in [2.75, 3.05) is 0 Å². The minimum atomic E-state index is 0.466. The Labute approximate surface area is 206 Å². The predicted octanol–water partition coefficient (Wildman–Crippen LogP) is 6.02. The summed E-state index contributed by atoms with van der Waals surface area (Å²) in [7, 11) is 0. The van der Waals surface area contributed by atoms with Gasteiger partial charge in [0.25, 0.3) is 0 Å². The van der Waals surface area contributed by atoms with Crippen molar-refractivity contribution in [3.05, 3.63) is 106 Å². The lowest BCUT2D eigenvalue weighted by Crippen LogP contribution is -2.04. The second kappa shape index (κ2) is 10.6. The van der Waals surface area contributed by atoms with Gasteiger partial charge in [-0.3, -0.25) is 9.55 Å². The summed E-state index contributed by atoms with van der Waals surface area (Å²) in [6.07, 6.45) is 3.58. The number of nitrogens with zero attached hydrogens (tertiary/aromatic N) is 5. The van der Waals surface area contributed by atoms with Crippen LogP contribution in [0.2, 0.25) is 0 Å². The molecule has 0 bridgehead atoms. The maximum atomic E-state index is 5.87. The van der Waals surface area contributed by atoms with Crippen LogP contribution in [-0.2, 0) is 18.9 Å². The van der Waals surface area contributed by atoms with Crippen LogP contribution in [0.4, 0.5) is 0 Å². The number of aryl methyl sites for hydroxylation is 1. The van der Waals surface area contributed by atoms with Crippen LogP contribution >= 0.6 is 23.1 Å². The fraction of sp³-hybridized carbons (Fsp3) is 0.154. The third-order valence-electron chi connectivity index (χ3n) is 5.15. The van der Waals surface area contributed by atoms with Gasteiger partial charge in [0, 0.05) is 29.1 Å². The molecule has 3 aromatic heterocycles. The lowest BCUT2D eigenvalue weighted by Gasteiger charge is -2.10. The second-order valence-electron chi connectivity index (χ2n) is 7.74. The van der Waals surface area contributed by atoms with Crippen LogP contribution in [0.5, 0.6) is 5.75 Å². The van der Waals surface area contributed by atoms with Crippen LogP contribution in [0.3, 0.4) is 0 Å². The summed E-state index contributed by atoms with van der Waals surface area (Å²) in [5.41, 5.74) is 4.36. The Morgan fingerprint density at radius 1 is 0.971 bits per heavy atom. The zero-order valence-electron chi connectivity index (χ0n) is 18.7. The van der Waals surface area contributed by atoms with Gasteiger partial charge in [-0.2, -0.15) is 0 Å². The standard InChI is InChI=1S/C26H23N5OS2/c1-19-9-11-23(12-10-19)32-16-24-28-22(17-33-24)18-34-26-30-29-25(21-8-5-13-27-14-21)31(26)15-20-6-3-2-4-7-20/h2-14,17H,15-16,18H2,1H3. The van der Waals surface area contributed by atoms with Gasteiger partial charge in [-0.15, -0.1) is 21.5 Å². The molecule has 8 heteroatoms. The SMILES string of the molecule is Cc1ccc(OCc2nc(CSc3nnc(-c4cccnc4)n3Cc3ccccc3)cs2)cc1. The summed E-state index contributed by atoms with van der Waals surface area (Å²) < 4.78 is 8.01. The Kier molecular flexibility index (Phi) is 6.97. The summed E-state index contributed by atoms with van der Waals surface area (Å²) in [5, 5.41) is 12.9. The van der Waals surface area contributed by atoms with Crippen LogP contribution in [0.15, 0.2) is 89.7 Å². The maximum absolute atomic E-state index is 5.87. The van der Waals surface area contributed by atoms with Crippen LogP contribution in [0.25, 0.3) is 11.4 Å². The van der Waals surface area contributed by atoms with Crippen LogP contribution in [0, 0.1) is 6.92 Å². The number of hydrogen-bond acceptors (Lipinski definition) is 7. The summed E-state index contributed by atoms with van der Waals surface area (Å²) in [6, 6.07) is 22.3. The van der Waals surface area contributed by atoms with Gasteiger partial charge in [0.1, 0.15) is 17.4 Å². The van der Waals surface area contributed by atoms with Crippen LogP contribution < -0.4 is 4.74 Å². The van der Waals surface area contributed by atoms with Gasteiger partial charge in [0.2, 0.25) is 0 Å². The van der Waals surface area contributed by atoms with Crippen molar-refractivity contribution in [3.63, 3.8) is 0 Å². The normalized spacial score (nSPS) is 11.0. The number of rotatable bonds is 9. The third-order valence-corrected chi connectivity index (χ3v) is 7.02. The molecule has 0 aliphatic heterocycles. The first-order valence-electron chi connectivity index (χ1n) is 10.9. The molecule has 0 amide bonds. The Hall–Kier alpha value is -3.49. The molecule has 0 atom stereocenters. The van der Waals surface area contributed by atoms with Gasteiger partial charge in [-0.1, -0.05) is 59.8 Å². The number of pyridine rings is 1. The van der Waals surface area contributed by atoms with Gasteiger partial charge < -0.3 is 4.74 Å². The first kappa shape index (κ1) is 22.3. The van der Waals surface area contributed by atoms with E-state index in [1.165, 1.54) is 11.1 Å². The zero-order chi connectivity index (χ0) is 23.2. The minimum Gasteiger partial charge on any atom is -0.486 e. The molecule has 0 unspecified atom stereocenters. The molecule has 2 aromatic carbocycles. The molecular formula is C26H23N5OS2. The molecule has 0 saturated carbocycles. The molecular weight excluding hydrogens is 462 g/mol. The molecule has 0 N–H and O–H groups in total. The molecule has 3 heterocycles. The van der Waals surface area contributed by atoms with E-state index in [1.807, 2.05) is 60.8 Å². The number of thiazole rings is 1. The van der Waals surface area contributed by atoms with Gasteiger partial charge in [-0.25, -0.2) is 4.98 Å². The molecule has 0 saturated heterocycles. The highest BCUT2D eigenvalue weighted by Gasteiger charge is 2.16. The van der Waals surface area contributed by atoms with Crippen molar-refractivity contribution in [1.82, 2.24) is 24.7 Å². The van der Waals surface area contributed by atoms with E-state index in [4.69, 9.17) is 9.72 Å². The largest absolute Gasteiger partial charge is 0.486 e. The molecule has 0 radical (unpaired) electrons. The van der Waals surface area contributed by atoms with Crippen molar-refractivity contribution < 1.29 is 4.74 Å². The summed E-state index contributed by atoms with van der Waals surface area (Å²) in [4.78, 5) is 8.99. The van der Waals surface area contributed by atoms with E-state index >= 15 is 0 Å². The maximum Gasteiger partial charge on any atom is 0.192 e. The van der Waals surface area contributed by atoms with E-state index in [0.717, 1.165) is 33.0 Å². The monoisotopic (exact) mass is 485 g/mol. The van der Waals surface area contributed by atoms with Crippen molar-refractivity contribution in [2.24, 2.45) is 0 Å². The Balaban J connectivity index is 1.29. The number of ether oxygens (including phenoxy) is 1. The Morgan fingerprint density at radius 3 is 2.62 bits per heavy atom. The van der Waals surface area contributed by atoms with Gasteiger partial charge in [0.05, 0.1) is 12.2 Å². The number of hydrogen-bond donors (Lipinski definition) is 0. The van der Waals surface area contributed by atoms with E-state index in [-0.39, 0.29) is 0 Å². The Bertz CT molecular complexity index is 1330. The summed E-state index contributed by atoms with van der Waals surface area (Å²) >= 11 is 3.25. The van der Waals surface area contributed by atoms with Crippen molar-refractivity contribution in [2.45, 2.75) is 31.0 Å². The van der Waals surface area contributed by atoms with Gasteiger partial charge >= 0.3 is 0 Å². The van der Waals surface area contributed by atoms with Gasteiger partial charge in [-0.05, 0) is 36.8 Å². The molecule has 5 aromatic rings. The molecule has 6 nitrogen and oxygen atoms in total. The average molecular weight is 486 g/mol. The molecule has 0 aliphatic carbocycles. The van der Waals surface area contributed by atoms with Crippen LogP contribution in [-0.4, -0.2) is 24.7 Å². The molecule has 34 heavy (non-hydrogen) atoms. The first-order chi connectivity index (χ1) is 16.7. The molecule has 0 spiro atoms. The first-order valence-corrected chi connectivity index (χ1v) is 12.7. The highest BCUT2D eigenvalue weighted by Crippen LogP contribution is 2.28. The van der Waals surface area contributed by atoms with Crippen molar-refractivity contribution in [3.8, 4) is 17.1 Å². The fourth-order valence-corrected chi connectivity index (χ4v) is 5.05. The average Bonchev–Trinajstić information content (AvgIpc) is 3.50. The molecule has 0 aliphatic rings. The molecule has 5 rings (SSSR count). The zero-order valence-corrected chi connectivity index (χ0v) is 20.3.